The van der Waals surface area contributed by atoms with E-state index in [9.17, 15) is 9.59 Å². The lowest BCUT2D eigenvalue weighted by Crippen LogP contribution is -2.26. The Labute approximate surface area is 195 Å². The van der Waals surface area contributed by atoms with Crippen molar-refractivity contribution in [2.45, 2.75) is 47.0 Å². The van der Waals surface area contributed by atoms with Gasteiger partial charge in [-0.05, 0) is 54.7 Å². The first kappa shape index (κ1) is 22.3. The van der Waals surface area contributed by atoms with Gasteiger partial charge in [-0.2, -0.15) is 0 Å². The van der Waals surface area contributed by atoms with E-state index >= 15 is 0 Å². The van der Waals surface area contributed by atoms with Crippen molar-refractivity contribution in [3.63, 3.8) is 0 Å². The van der Waals surface area contributed by atoms with Crippen molar-refractivity contribution in [2.24, 2.45) is 11.3 Å². The molecule has 0 aliphatic heterocycles. The number of thiophene rings is 2. The quantitative estimate of drug-likeness (QED) is 0.410. The second-order valence-corrected chi connectivity index (χ2v) is 11.7. The third-order valence-electron chi connectivity index (χ3n) is 6.10. The second-order valence-electron chi connectivity index (χ2n) is 9.20. The van der Waals surface area contributed by atoms with Crippen LogP contribution >= 0.6 is 34.3 Å². The van der Waals surface area contributed by atoms with E-state index in [0.717, 1.165) is 40.5 Å². The number of esters is 1. The van der Waals surface area contributed by atoms with Crippen LogP contribution in [0.2, 0.25) is 5.02 Å². The standard InChI is InChI=1S/C24H26ClNO3S2/c1-12-6-8-15-16(10-12)30-20(19(15)25)21(27)26-22-18(23(28)29-5)14-9-7-13(24(2,3)4)11-17(14)31-22/h6,8,10,13H,7,9,11H2,1-5H3,(H,26,27)/t13-/m1/s1. The van der Waals surface area contributed by atoms with Crippen LogP contribution in [0.1, 0.15) is 63.2 Å². The minimum absolute atomic E-state index is 0.194. The number of amides is 1. The van der Waals surface area contributed by atoms with Gasteiger partial charge < -0.3 is 10.1 Å². The lowest BCUT2D eigenvalue weighted by Gasteiger charge is -2.33. The summed E-state index contributed by atoms with van der Waals surface area (Å²) < 4.78 is 6.03. The number of anilines is 1. The molecule has 0 unspecified atom stereocenters. The second kappa shape index (κ2) is 8.23. The summed E-state index contributed by atoms with van der Waals surface area (Å²) in [4.78, 5) is 27.4. The van der Waals surface area contributed by atoms with E-state index in [0.29, 0.717) is 26.4 Å². The zero-order valence-electron chi connectivity index (χ0n) is 18.3. The smallest absolute Gasteiger partial charge is 0.341 e. The van der Waals surface area contributed by atoms with Crippen molar-refractivity contribution in [3.05, 3.63) is 49.7 Å². The van der Waals surface area contributed by atoms with Gasteiger partial charge in [0.15, 0.2) is 0 Å². The van der Waals surface area contributed by atoms with Crippen LogP contribution in [0.3, 0.4) is 0 Å². The van der Waals surface area contributed by atoms with E-state index in [2.05, 4.69) is 26.1 Å². The Balaban J connectivity index is 1.70. The maximum atomic E-state index is 13.2. The third-order valence-corrected chi connectivity index (χ3v) is 8.92. The van der Waals surface area contributed by atoms with Gasteiger partial charge in [-0.25, -0.2) is 4.79 Å². The predicted molar refractivity (Wildman–Crippen MR) is 130 cm³/mol. The van der Waals surface area contributed by atoms with Crippen LogP contribution in [0.5, 0.6) is 0 Å². The summed E-state index contributed by atoms with van der Waals surface area (Å²) in [6.07, 6.45) is 2.75. The maximum absolute atomic E-state index is 13.2. The van der Waals surface area contributed by atoms with E-state index < -0.39 is 5.97 Å². The average molecular weight is 476 g/mol. The highest BCUT2D eigenvalue weighted by Gasteiger charge is 2.34. The van der Waals surface area contributed by atoms with E-state index in [1.54, 1.807) is 0 Å². The largest absolute Gasteiger partial charge is 0.465 e. The Bertz CT molecular complexity index is 1190. The molecule has 0 spiro atoms. The molecular formula is C24H26ClNO3S2. The molecule has 31 heavy (non-hydrogen) atoms. The van der Waals surface area contributed by atoms with Crippen molar-refractivity contribution < 1.29 is 14.3 Å². The fraction of sp³-hybridized carbons (Fsp3) is 0.417. The first-order chi connectivity index (χ1) is 14.6. The number of benzene rings is 1. The van der Waals surface area contributed by atoms with Crippen molar-refractivity contribution in [1.29, 1.82) is 0 Å². The van der Waals surface area contributed by atoms with Crippen LogP contribution < -0.4 is 5.32 Å². The SMILES string of the molecule is COC(=O)c1c(NC(=O)c2sc3cc(C)ccc3c2Cl)sc2c1CC[C@@H](C(C)(C)C)C2. The van der Waals surface area contributed by atoms with Gasteiger partial charge in [-0.15, -0.1) is 22.7 Å². The van der Waals surface area contributed by atoms with Crippen LogP contribution in [0, 0.1) is 18.3 Å². The van der Waals surface area contributed by atoms with Crippen molar-refractivity contribution >= 4 is 61.2 Å². The normalized spacial score (nSPS) is 16.3. The number of halogens is 1. The highest BCUT2D eigenvalue weighted by Crippen LogP contribution is 2.45. The molecule has 1 aliphatic rings. The molecule has 0 fully saturated rings. The highest BCUT2D eigenvalue weighted by atomic mass is 35.5. The van der Waals surface area contributed by atoms with Gasteiger partial charge in [-0.1, -0.05) is 44.5 Å². The van der Waals surface area contributed by atoms with E-state index in [1.165, 1.54) is 34.7 Å². The van der Waals surface area contributed by atoms with Gasteiger partial charge in [-0.3, -0.25) is 4.79 Å². The molecule has 1 aliphatic carbocycles. The fourth-order valence-electron chi connectivity index (χ4n) is 4.21. The summed E-state index contributed by atoms with van der Waals surface area (Å²) in [5.74, 6) is -0.159. The number of ether oxygens (including phenoxy) is 1. The summed E-state index contributed by atoms with van der Waals surface area (Å²) in [6, 6.07) is 5.95. The Hall–Kier alpha value is -1.89. The number of nitrogens with one attached hydrogen (secondary N) is 1. The monoisotopic (exact) mass is 475 g/mol. The average Bonchev–Trinajstić information content (AvgIpc) is 3.23. The number of rotatable bonds is 3. The van der Waals surface area contributed by atoms with Gasteiger partial charge in [0.05, 0.1) is 17.7 Å². The van der Waals surface area contributed by atoms with E-state index in [4.69, 9.17) is 16.3 Å². The van der Waals surface area contributed by atoms with Crippen LogP contribution in [-0.4, -0.2) is 19.0 Å². The molecule has 1 aromatic carbocycles. The lowest BCUT2D eigenvalue weighted by atomic mass is 9.72. The number of carbonyl (C=O) groups excluding carboxylic acids is 2. The lowest BCUT2D eigenvalue weighted by molar-refractivity contribution is 0.0600. The van der Waals surface area contributed by atoms with Crippen molar-refractivity contribution in [3.8, 4) is 0 Å². The minimum atomic E-state index is -0.403. The Morgan fingerprint density at radius 3 is 2.65 bits per heavy atom. The number of carbonyl (C=O) groups is 2. The molecule has 164 valence electrons. The molecule has 4 rings (SSSR count). The van der Waals surface area contributed by atoms with E-state index in [-0.39, 0.29) is 11.3 Å². The molecule has 7 heteroatoms. The number of hydrogen-bond donors (Lipinski definition) is 1. The third kappa shape index (κ3) is 4.13. The molecule has 0 radical (unpaired) electrons. The van der Waals surface area contributed by atoms with Crippen LogP contribution in [0.15, 0.2) is 18.2 Å². The van der Waals surface area contributed by atoms with Crippen LogP contribution in [0.4, 0.5) is 5.00 Å². The fourth-order valence-corrected chi connectivity index (χ4v) is 7.03. The molecular weight excluding hydrogens is 450 g/mol. The molecule has 1 amide bonds. The molecule has 2 aromatic heterocycles. The summed E-state index contributed by atoms with van der Waals surface area (Å²) in [7, 11) is 1.38. The van der Waals surface area contributed by atoms with Crippen LogP contribution in [-0.2, 0) is 17.6 Å². The molecule has 3 aromatic rings. The topological polar surface area (TPSA) is 55.4 Å². The van der Waals surface area contributed by atoms with Crippen LogP contribution in [0.25, 0.3) is 10.1 Å². The number of methoxy groups -OCH3 is 1. The zero-order valence-corrected chi connectivity index (χ0v) is 20.7. The molecule has 1 atom stereocenters. The molecule has 0 saturated heterocycles. The number of hydrogen-bond acceptors (Lipinski definition) is 5. The minimum Gasteiger partial charge on any atom is -0.465 e. The predicted octanol–water partition coefficient (Wildman–Crippen LogP) is 7.11. The highest BCUT2D eigenvalue weighted by molar-refractivity contribution is 7.22. The van der Waals surface area contributed by atoms with Gasteiger partial charge in [0, 0.05) is 15.0 Å². The van der Waals surface area contributed by atoms with Gasteiger partial charge in [0.2, 0.25) is 0 Å². The molecule has 2 heterocycles. The summed E-state index contributed by atoms with van der Waals surface area (Å²) in [5, 5.41) is 4.85. The molecule has 0 saturated carbocycles. The van der Waals surface area contributed by atoms with Gasteiger partial charge >= 0.3 is 5.97 Å². The Morgan fingerprint density at radius 1 is 1.23 bits per heavy atom. The first-order valence-electron chi connectivity index (χ1n) is 10.3. The molecule has 4 nitrogen and oxygen atoms in total. The summed E-state index contributed by atoms with van der Waals surface area (Å²) in [5.41, 5.74) is 2.82. The first-order valence-corrected chi connectivity index (χ1v) is 12.3. The molecule has 0 bridgehead atoms. The van der Waals surface area contributed by atoms with Crippen molar-refractivity contribution in [1.82, 2.24) is 0 Å². The van der Waals surface area contributed by atoms with E-state index in [1.807, 2.05) is 25.1 Å². The van der Waals surface area contributed by atoms with Crippen molar-refractivity contribution in [2.75, 3.05) is 12.4 Å². The summed E-state index contributed by atoms with van der Waals surface area (Å²) >= 11 is 9.39. The maximum Gasteiger partial charge on any atom is 0.341 e. The van der Waals surface area contributed by atoms with Gasteiger partial charge in [0.25, 0.3) is 5.91 Å². The van der Waals surface area contributed by atoms with Gasteiger partial charge in [0.1, 0.15) is 9.88 Å². The Kier molecular flexibility index (Phi) is 5.92. The Morgan fingerprint density at radius 2 is 1.97 bits per heavy atom. The summed E-state index contributed by atoms with van der Waals surface area (Å²) in [6.45, 7) is 8.78. The number of aryl methyl sites for hydroxylation is 1. The molecule has 1 N–H and O–H groups in total. The number of fused-ring (bicyclic) bond motifs is 2. The zero-order chi connectivity index (χ0) is 22.5.